The van der Waals surface area contributed by atoms with Crippen LogP contribution in [-0.2, 0) is 0 Å². The van der Waals surface area contributed by atoms with Crippen LogP contribution in [0.4, 0.5) is 5.95 Å². The van der Waals surface area contributed by atoms with Gasteiger partial charge in [-0.2, -0.15) is 0 Å². The molecule has 0 aliphatic carbocycles. The second kappa shape index (κ2) is 7.36. The molecule has 0 radical (unpaired) electrons. The van der Waals surface area contributed by atoms with E-state index in [1.54, 1.807) is 37.4 Å². The number of hydrogen-bond donors (Lipinski definition) is 3. The van der Waals surface area contributed by atoms with Crippen molar-refractivity contribution < 1.29 is 14.7 Å². The second-order valence-electron chi connectivity index (χ2n) is 5.30. The van der Waals surface area contributed by atoms with Crippen LogP contribution in [0.1, 0.15) is 27.9 Å². The highest BCUT2D eigenvalue weighted by Gasteiger charge is 2.20. The Bertz CT molecular complexity index is 999. The minimum Gasteiger partial charge on any atom is -0.497 e. The highest BCUT2D eigenvalue weighted by Crippen LogP contribution is 2.29. The van der Waals surface area contributed by atoms with Crippen LogP contribution in [0.5, 0.6) is 5.75 Å². The van der Waals surface area contributed by atoms with Crippen LogP contribution in [0.15, 0.2) is 35.5 Å². The number of carbonyl (C=O) groups is 1. The molecule has 0 bridgehead atoms. The molecular formula is C17H17N5O3S. The fourth-order valence-electron chi connectivity index (χ4n) is 2.49. The summed E-state index contributed by atoms with van der Waals surface area (Å²) in [4.78, 5) is 21.6. The Kier molecular flexibility index (Phi) is 4.99. The Hall–Kier alpha value is -3.20. The first-order valence-electron chi connectivity index (χ1n) is 7.79. The number of methoxy groups -OCH3 is 1. The van der Waals surface area contributed by atoms with Crippen LogP contribution in [0.25, 0.3) is 10.2 Å². The standard InChI is InChI=1S/C17H17N5O3S/c1-3-19-15(23)12-8-11-14(20-17(18)21-16(11)26-12)13(22-24)9-5-4-6-10(7-9)25-2/h4-8,24H,3H2,1-2H3,(H,19,23)(H2,18,20,21)/b22-13+. The van der Waals surface area contributed by atoms with Crippen molar-refractivity contribution in [3.05, 3.63) is 46.5 Å². The van der Waals surface area contributed by atoms with Crippen LogP contribution in [0, 0.1) is 0 Å². The Morgan fingerprint density at radius 2 is 2.19 bits per heavy atom. The van der Waals surface area contributed by atoms with Gasteiger partial charge in [0.05, 0.1) is 12.0 Å². The number of nitrogen functional groups attached to an aromatic ring is 1. The number of nitrogens with zero attached hydrogens (tertiary/aromatic N) is 3. The molecule has 4 N–H and O–H groups in total. The van der Waals surface area contributed by atoms with Crippen molar-refractivity contribution in [1.82, 2.24) is 15.3 Å². The summed E-state index contributed by atoms with van der Waals surface area (Å²) < 4.78 is 5.21. The van der Waals surface area contributed by atoms with Gasteiger partial charge in [0, 0.05) is 17.5 Å². The van der Waals surface area contributed by atoms with E-state index >= 15 is 0 Å². The van der Waals surface area contributed by atoms with E-state index in [9.17, 15) is 10.0 Å². The van der Waals surface area contributed by atoms with Crippen LogP contribution in [-0.4, -0.2) is 40.4 Å². The number of thiophene rings is 1. The number of anilines is 1. The average Bonchev–Trinajstić information content (AvgIpc) is 3.07. The lowest BCUT2D eigenvalue weighted by molar-refractivity contribution is 0.0960. The minimum atomic E-state index is -0.205. The predicted octanol–water partition coefficient (Wildman–Crippen LogP) is 2.26. The van der Waals surface area contributed by atoms with E-state index < -0.39 is 0 Å². The number of hydrogen-bond acceptors (Lipinski definition) is 8. The van der Waals surface area contributed by atoms with Gasteiger partial charge in [-0.1, -0.05) is 17.3 Å². The van der Waals surface area contributed by atoms with Gasteiger partial charge in [0.25, 0.3) is 5.91 Å². The number of oxime groups is 1. The van der Waals surface area contributed by atoms with Gasteiger partial charge in [-0.15, -0.1) is 11.3 Å². The molecular weight excluding hydrogens is 354 g/mol. The number of rotatable bonds is 5. The third-order valence-corrected chi connectivity index (χ3v) is 4.67. The number of benzene rings is 1. The zero-order valence-electron chi connectivity index (χ0n) is 14.2. The molecule has 8 nitrogen and oxygen atoms in total. The SMILES string of the molecule is CCNC(=O)c1cc2c(/C(=N/O)c3cccc(OC)c3)nc(N)nc2s1. The van der Waals surface area contributed by atoms with Gasteiger partial charge < -0.3 is 21.0 Å². The van der Waals surface area contributed by atoms with E-state index in [-0.39, 0.29) is 17.6 Å². The van der Waals surface area contributed by atoms with Crippen molar-refractivity contribution in [3.8, 4) is 5.75 Å². The fourth-order valence-corrected chi connectivity index (χ4v) is 3.44. The highest BCUT2D eigenvalue weighted by molar-refractivity contribution is 7.20. The summed E-state index contributed by atoms with van der Waals surface area (Å²) in [5.74, 6) is 0.431. The summed E-state index contributed by atoms with van der Waals surface area (Å²) in [5.41, 5.74) is 6.97. The van der Waals surface area contributed by atoms with E-state index in [4.69, 9.17) is 10.5 Å². The number of amides is 1. The van der Waals surface area contributed by atoms with Crippen molar-refractivity contribution in [1.29, 1.82) is 0 Å². The molecule has 2 aromatic heterocycles. The van der Waals surface area contributed by atoms with Crippen molar-refractivity contribution in [2.45, 2.75) is 6.92 Å². The van der Waals surface area contributed by atoms with E-state index in [1.165, 1.54) is 11.3 Å². The van der Waals surface area contributed by atoms with E-state index in [1.807, 2.05) is 6.92 Å². The first-order valence-corrected chi connectivity index (χ1v) is 8.61. The van der Waals surface area contributed by atoms with Crippen LogP contribution in [0.3, 0.4) is 0 Å². The highest BCUT2D eigenvalue weighted by atomic mass is 32.1. The normalized spacial score (nSPS) is 11.5. The number of fused-ring (bicyclic) bond motifs is 1. The largest absolute Gasteiger partial charge is 0.497 e. The molecule has 26 heavy (non-hydrogen) atoms. The van der Waals surface area contributed by atoms with E-state index in [0.29, 0.717) is 38.6 Å². The summed E-state index contributed by atoms with van der Waals surface area (Å²) in [6, 6.07) is 8.70. The van der Waals surface area contributed by atoms with Gasteiger partial charge in [0.15, 0.2) is 0 Å². The van der Waals surface area contributed by atoms with Crippen molar-refractivity contribution in [2.75, 3.05) is 19.4 Å². The molecule has 9 heteroatoms. The summed E-state index contributed by atoms with van der Waals surface area (Å²) in [5, 5.41) is 16.3. The summed E-state index contributed by atoms with van der Waals surface area (Å²) in [7, 11) is 1.55. The Labute approximate surface area is 153 Å². The Morgan fingerprint density at radius 3 is 2.88 bits per heavy atom. The molecule has 0 atom stereocenters. The number of nitrogens with one attached hydrogen (secondary N) is 1. The second-order valence-corrected chi connectivity index (χ2v) is 6.33. The molecule has 0 saturated carbocycles. The molecule has 1 amide bonds. The first kappa shape index (κ1) is 17.6. The Morgan fingerprint density at radius 1 is 1.38 bits per heavy atom. The summed E-state index contributed by atoms with van der Waals surface area (Å²) in [6.45, 7) is 2.36. The van der Waals surface area contributed by atoms with Gasteiger partial charge in [-0.05, 0) is 25.1 Å². The van der Waals surface area contributed by atoms with Crippen molar-refractivity contribution in [3.63, 3.8) is 0 Å². The molecule has 3 aromatic rings. The quantitative estimate of drug-likeness (QED) is 0.359. The number of carbonyl (C=O) groups excluding carboxylic acids is 1. The summed E-state index contributed by atoms with van der Waals surface area (Å²) in [6.07, 6.45) is 0. The third kappa shape index (κ3) is 3.29. The maximum atomic E-state index is 12.1. The lowest BCUT2D eigenvalue weighted by Gasteiger charge is -2.08. The van der Waals surface area contributed by atoms with Gasteiger partial charge in [-0.25, -0.2) is 9.97 Å². The van der Waals surface area contributed by atoms with E-state index in [2.05, 4.69) is 20.4 Å². The number of nitrogens with two attached hydrogens (primary N) is 1. The number of aromatic nitrogens is 2. The molecule has 0 saturated heterocycles. The fraction of sp³-hybridized carbons (Fsp3) is 0.176. The zero-order valence-corrected chi connectivity index (χ0v) is 15.0. The molecule has 3 rings (SSSR count). The van der Waals surface area contributed by atoms with Crippen LogP contribution >= 0.6 is 11.3 Å². The van der Waals surface area contributed by atoms with Crippen LogP contribution < -0.4 is 15.8 Å². The molecule has 2 heterocycles. The molecule has 1 aromatic carbocycles. The topological polar surface area (TPSA) is 123 Å². The molecule has 0 aliphatic heterocycles. The first-order chi connectivity index (χ1) is 12.6. The predicted molar refractivity (Wildman–Crippen MR) is 100 cm³/mol. The molecule has 134 valence electrons. The van der Waals surface area contributed by atoms with Crippen molar-refractivity contribution >= 4 is 39.1 Å². The van der Waals surface area contributed by atoms with Crippen LogP contribution in [0.2, 0.25) is 0 Å². The third-order valence-electron chi connectivity index (χ3n) is 3.64. The maximum absolute atomic E-state index is 12.1. The molecule has 0 spiro atoms. The van der Waals surface area contributed by atoms with Gasteiger partial charge in [-0.3, -0.25) is 4.79 Å². The lowest BCUT2D eigenvalue weighted by Crippen LogP contribution is -2.21. The number of ether oxygens (including phenoxy) is 1. The maximum Gasteiger partial charge on any atom is 0.261 e. The van der Waals surface area contributed by atoms with Crippen molar-refractivity contribution in [2.24, 2.45) is 5.16 Å². The average molecular weight is 371 g/mol. The van der Waals surface area contributed by atoms with Gasteiger partial charge in [0.1, 0.15) is 22.0 Å². The monoisotopic (exact) mass is 371 g/mol. The van der Waals surface area contributed by atoms with Gasteiger partial charge >= 0.3 is 0 Å². The van der Waals surface area contributed by atoms with E-state index in [0.717, 1.165) is 0 Å². The molecule has 0 unspecified atom stereocenters. The lowest BCUT2D eigenvalue weighted by atomic mass is 10.0. The van der Waals surface area contributed by atoms with Gasteiger partial charge in [0.2, 0.25) is 5.95 Å². The molecule has 0 aliphatic rings. The molecule has 0 fully saturated rings. The summed E-state index contributed by atoms with van der Waals surface area (Å²) >= 11 is 1.20. The Balaban J connectivity index is 2.17. The zero-order chi connectivity index (χ0) is 18.7. The minimum absolute atomic E-state index is 0.0286. The smallest absolute Gasteiger partial charge is 0.261 e.